The molecule has 3 rings (SSSR count). The highest BCUT2D eigenvalue weighted by atomic mass is 16.7. The van der Waals surface area contributed by atoms with Crippen molar-refractivity contribution in [1.29, 1.82) is 0 Å². The van der Waals surface area contributed by atoms with Gasteiger partial charge in [-0.1, -0.05) is 30.3 Å². The van der Waals surface area contributed by atoms with E-state index in [1.807, 2.05) is 30.3 Å². The van der Waals surface area contributed by atoms with Crippen molar-refractivity contribution in [2.75, 3.05) is 26.9 Å². The Morgan fingerprint density at radius 1 is 1.25 bits per heavy atom. The monoisotopic (exact) mass is 335 g/mol. The van der Waals surface area contributed by atoms with Gasteiger partial charge >= 0.3 is 12.1 Å². The summed E-state index contributed by atoms with van der Waals surface area (Å²) in [5.74, 6) is -1.35. The SMILES string of the molecule is COC(=O)CC1N(C(=O)OCc2ccccc2)CCC12OCCO2. The first-order valence-corrected chi connectivity index (χ1v) is 7.97. The maximum Gasteiger partial charge on any atom is 0.410 e. The van der Waals surface area contributed by atoms with E-state index in [0.717, 1.165) is 5.56 Å². The second-order valence-corrected chi connectivity index (χ2v) is 5.79. The summed E-state index contributed by atoms with van der Waals surface area (Å²) in [6.45, 7) is 1.49. The molecule has 0 bridgehead atoms. The predicted octanol–water partition coefficient (Wildman–Crippen LogP) is 1.70. The van der Waals surface area contributed by atoms with Gasteiger partial charge in [0.2, 0.25) is 0 Å². The number of ether oxygens (including phenoxy) is 4. The third-order valence-corrected chi connectivity index (χ3v) is 4.39. The van der Waals surface area contributed by atoms with E-state index in [9.17, 15) is 9.59 Å². The maximum atomic E-state index is 12.5. The van der Waals surface area contributed by atoms with Gasteiger partial charge in [0, 0.05) is 13.0 Å². The van der Waals surface area contributed by atoms with E-state index in [1.54, 1.807) is 0 Å². The lowest BCUT2D eigenvalue weighted by molar-refractivity contribution is -0.178. The number of rotatable bonds is 4. The zero-order valence-electron chi connectivity index (χ0n) is 13.6. The Morgan fingerprint density at radius 3 is 2.62 bits per heavy atom. The van der Waals surface area contributed by atoms with E-state index in [1.165, 1.54) is 12.0 Å². The molecule has 1 spiro atoms. The first kappa shape index (κ1) is 16.7. The molecule has 2 saturated heterocycles. The molecular weight excluding hydrogens is 314 g/mol. The van der Waals surface area contributed by atoms with Crippen LogP contribution in [-0.2, 0) is 30.3 Å². The number of esters is 1. The normalized spacial score (nSPS) is 21.9. The Labute approximate surface area is 140 Å². The van der Waals surface area contributed by atoms with Crippen LogP contribution in [0.25, 0.3) is 0 Å². The van der Waals surface area contributed by atoms with Crippen molar-refractivity contribution >= 4 is 12.1 Å². The number of hydrogen-bond donors (Lipinski definition) is 0. The lowest BCUT2D eigenvalue weighted by atomic mass is 10.0. The number of carbonyl (C=O) groups is 2. The fourth-order valence-electron chi connectivity index (χ4n) is 3.17. The Kier molecular flexibility index (Phi) is 5.01. The molecule has 2 aliphatic rings. The van der Waals surface area contributed by atoms with Gasteiger partial charge in [-0.3, -0.25) is 9.69 Å². The zero-order valence-corrected chi connectivity index (χ0v) is 13.6. The van der Waals surface area contributed by atoms with Crippen LogP contribution in [0.1, 0.15) is 18.4 Å². The highest BCUT2D eigenvalue weighted by Crippen LogP contribution is 2.38. The molecule has 7 nitrogen and oxygen atoms in total. The predicted molar refractivity (Wildman–Crippen MR) is 83.0 cm³/mol. The van der Waals surface area contributed by atoms with Crippen molar-refractivity contribution in [3.63, 3.8) is 0 Å². The van der Waals surface area contributed by atoms with E-state index < -0.39 is 23.9 Å². The summed E-state index contributed by atoms with van der Waals surface area (Å²) < 4.78 is 21.6. The quantitative estimate of drug-likeness (QED) is 0.780. The standard InChI is InChI=1S/C17H21NO6/c1-21-15(19)11-14-17(23-9-10-24-17)7-8-18(14)16(20)22-12-13-5-3-2-4-6-13/h2-6,14H,7-12H2,1H3. The van der Waals surface area contributed by atoms with E-state index in [4.69, 9.17) is 18.9 Å². The fraction of sp³-hybridized carbons (Fsp3) is 0.529. The van der Waals surface area contributed by atoms with E-state index in [2.05, 4.69) is 0 Å². The second kappa shape index (κ2) is 7.19. The minimum atomic E-state index is -0.931. The Morgan fingerprint density at radius 2 is 1.96 bits per heavy atom. The number of hydrogen-bond acceptors (Lipinski definition) is 6. The second-order valence-electron chi connectivity index (χ2n) is 5.79. The van der Waals surface area contributed by atoms with Crippen molar-refractivity contribution in [2.45, 2.75) is 31.3 Å². The van der Waals surface area contributed by atoms with Crippen LogP contribution in [0.2, 0.25) is 0 Å². The average molecular weight is 335 g/mol. The molecule has 2 aliphatic heterocycles. The number of amides is 1. The highest BCUT2D eigenvalue weighted by Gasteiger charge is 2.54. The topological polar surface area (TPSA) is 74.3 Å². The molecule has 1 atom stereocenters. The Bertz CT molecular complexity index is 584. The van der Waals surface area contributed by atoms with Crippen molar-refractivity contribution < 1.29 is 28.5 Å². The van der Waals surface area contributed by atoms with Crippen molar-refractivity contribution in [3.8, 4) is 0 Å². The van der Waals surface area contributed by atoms with Crippen LogP contribution < -0.4 is 0 Å². The number of methoxy groups -OCH3 is 1. The van der Waals surface area contributed by atoms with Gasteiger partial charge in [0.15, 0.2) is 5.79 Å². The summed E-state index contributed by atoms with van der Waals surface area (Å²) in [4.78, 5) is 25.7. The van der Waals surface area contributed by atoms with Crippen LogP contribution >= 0.6 is 0 Å². The van der Waals surface area contributed by atoms with E-state index in [-0.39, 0.29) is 13.0 Å². The molecule has 0 aromatic heterocycles. The largest absolute Gasteiger partial charge is 0.469 e. The summed E-state index contributed by atoms with van der Waals surface area (Å²) in [7, 11) is 1.32. The van der Waals surface area contributed by atoms with Crippen LogP contribution in [-0.4, -0.2) is 55.7 Å². The van der Waals surface area contributed by atoms with Crippen molar-refractivity contribution in [1.82, 2.24) is 4.90 Å². The average Bonchev–Trinajstić information content (AvgIpc) is 3.22. The summed E-state index contributed by atoms with van der Waals surface area (Å²) >= 11 is 0. The number of nitrogens with zero attached hydrogens (tertiary/aromatic N) is 1. The fourth-order valence-corrected chi connectivity index (χ4v) is 3.17. The minimum absolute atomic E-state index is 0.0109. The lowest BCUT2D eigenvalue weighted by Crippen LogP contribution is -2.49. The van der Waals surface area contributed by atoms with Gasteiger partial charge in [0.05, 0.1) is 32.8 Å². The summed E-state index contributed by atoms with van der Waals surface area (Å²) in [5, 5.41) is 0. The Balaban J connectivity index is 1.68. The van der Waals surface area contributed by atoms with Gasteiger partial charge in [0.25, 0.3) is 0 Å². The van der Waals surface area contributed by atoms with Crippen LogP contribution in [0.4, 0.5) is 4.79 Å². The summed E-state index contributed by atoms with van der Waals surface area (Å²) in [6.07, 6.45) is 0.0372. The smallest absolute Gasteiger partial charge is 0.410 e. The van der Waals surface area contributed by atoms with Crippen LogP contribution in [0.3, 0.4) is 0 Å². The van der Waals surface area contributed by atoms with Gasteiger partial charge in [-0.15, -0.1) is 0 Å². The molecule has 1 unspecified atom stereocenters. The molecule has 1 amide bonds. The molecule has 1 aromatic rings. The molecule has 0 saturated carbocycles. The maximum absolute atomic E-state index is 12.5. The molecule has 0 aliphatic carbocycles. The minimum Gasteiger partial charge on any atom is -0.469 e. The highest BCUT2D eigenvalue weighted by molar-refractivity contribution is 5.73. The van der Waals surface area contributed by atoms with Crippen LogP contribution in [0.5, 0.6) is 0 Å². The lowest BCUT2D eigenvalue weighted by Gasteiger charge is -2.32. The molecule has 24 heavy (non-hydrogen) atoms. The summed E-state index contributed by atoms with van der Waals surface area (Å²) in [5.41, 5.74) is 0.901. The van der Waals surface area contributed by atoms with Crippen LogP contribution in [0, 0.1) is 0 Å². The molecule has 1 aromatic carbocycles. The zero-order chi connectivity index (χ0) is 17.0. The first-order chi connectivity index (χ1) is 11.6. The third-order valence-electron chi connectivity index (χ3n) is 4.39. The third kappa shape index (κ3) is 3.37. The van der Waals surface area contributed by atoms with Gasteiger partial charge in [0.1, 0.15) is 6.61 Å². The van der Waals surface area contributed by atoms with E-state index >= 15 is 0 Å². The van der Waals surface area contributed by atoms with Crippen molar-refractivity contribution in [2.24, 2.45) is 0 Å². The number of carbonyl (C=O) groups excluding carboxylic acids is 2. The summed E-state index contributed by atoms with van der Waals surface area (Å²) in [6, 6.07) is 8.89. The van der Waals surface area contributed by atoms with Gasteiger partial charge < -0.3 is 18.9 Å². The first-order valence-electron chi connectivity index (χ1n) is 7.97. The molecule has 7 heteroatoms. The molecular formula is C17H21NO6. The number of likely N-dealkylation sites (tertiary alicyclic amines) is 1. The van der Waals surface area contributed by atoms with Crippen molar-refractivity contribution in [3.05, 3.63) is 35.9 Å². The molecule has 2 heterocycles. The molecule has 0 N–H and O–H groups in total. The molecule has 130 valence electrons. The van der Waals surface area contributed by atoms with Gasteiger partial charge in [-0.2, -0.15) is 0 Å². The molecule has 2 fully saturated rings. The number of benzene rings is 1. The van der Waals surface area contributed by atoms with Crippen LogP contribution in [0.15, 0.2) is 30.3 Å². The van der Waals surface area contributed by atoms with Gasteiger partial charge in [-0.25, -0.2) is 4.79 Å². The van der Waals surface area contributed by atoms with E-state index in [0.29, 0.717) is 26.2 Å². The molecule has 0 radical (unpaired) electrons. The Hall–Kier alpha value is -2.12. The van der Waals surface area contributed by atoms with Gasteiger partial charge in [-0.05, 0) is 5.56 Å².